The van der Waals surface area contributed by atoms with E-state index in [9.17, 15) is 13.5 Å². The third-order valence-corrected chi connectivity index (χ3v) is 6.36. The molecule has 2 aromatic rings. The lowest BCUT2D eigenvalue weighted by atomic mass is 10.2. The predicted octanol–water partition coefficient (Wildman–Crippen LogP) is 3.01. The van der Waals surface area contributed by atoms with Crippen LogP contribution < -0.4 is 0 Å². The molecule has 1 atom stereocenters. The monoisotopic (exact) mass is 292 g/mol. The highest BCUT2D eigenvalue weighted by Crippen LogP contribution is 2.44. The number of phenols is 1. The summed E-state index contributed by atoms with van der Waals surface area (Å²) in [5.41, 5.74) is 0.876. The summed E-state index contributed by atoms with van der Waals surface area (Å²) >= 11 is 1.51. The van der Waals surface area contributed by atoms with Gasteiger partial charge in [-0.25, -0.2) is 8.42 Å². The number of sulfone groups is 1. The van der Waals surface area contributed by atoms with E-state index in [1.807, 2.05) is 12.1 Å². The molecule has 1 N–H and O–H groups in total. The van der Waals surface area contributed by atoms with E-state index in [4.69, 9.17) is 0 Å². The molecule has 0 saturated carbocycles. The first kappa shape index (κ1) is 12.6. The summed E-state index contributed by atoms with van der Waals surface area (Å²) in [6, 6.07) is 14.0. The Morgan fingerprint density at radius 3 is 2.47 bits per heavy atom. The van der Waals surface area contributed by atoms with Crippen LogP contribution in [0.25, 0.3) is 0 Å². The zero-order valence-corrected chi connectivity index (χ0v) is 11.6. The second-order valence-electron chi connectivity index (χ2n) is 4.42. The van der Waals surface area contributed by atoms with Gasteiger partial charge in [-0.1, -0.05) is 18.2 Å². The molecule has 1 aliphatic heterocycles. The molecule has 0 radical (unpaired) electrons. The van der Waals surface area contributed by atoms with Crippen molar-refractivity contribution in [2.75, 3.05) is 5.75 Å². The average Bonchev–Trinajstić information content (AvgIpc) is 2.65. The summed E-state index contributed by atoms with van der Waals surface area (Å²) in [6.07, 6.45) is 0. The maximum atomic E-state index is 12.1. The highest BCUT2D eigenvalue weighted by molar-refractivity contribution is 8.01. The van der Waals surface area contributed by atoms with Gasteiger partial charge in [0, 0.05) is 4.90 Å². The van der Waals surface area contributed by atoms with Crippen molar-refractivity contribution >= 4 is 21.6 Å². The van der Waals surface area contributed by atoms with Crippen molar-refractivity contribution in [2.45, 2.75) is 15.0 Å². The van der Waals surface area contributed by atoms with Crippen LogP contribution in [0, 0.1) is 0 Å². The Labute approximate surface area is 116 Å². The minimum atomic E-state index is -3.15. The molecule has 3 rings (SSSR count). The fourth-order valence-electron chi connectivity index (χ4n) is 2.20. The van der Waals surface area contributed by atoms with Crippen molar-refractivity contribution in [3.63, 3.8) is 0 Å². The van der Waals surface area contributed by atoms with E-state index in [-0.39, 0.29) is 16.8 Å². The smallest absolute Gasteiger partial charge is 0.180 e. The third-order valence-electron chi connectivity index (χ3n) is 3.09. The largest absolute Gasteiger partial charge is 0.508 e. The fraction of sp³-hybridized carbons (Fsp3) is 0.143. The molecule has 0 fully saturated rings. The number of hydrogen-bond donors (Lipinski definition) is 1. The van der Waals surface area contributed by atoms with Gasteiger partial charge >= 0.3 is 0 Å². The first-order chi connectivity index (χ1) is 9.06. The molecule has 1 aliphatic rings. The van der Waals surface area contributed by atoms with Gasteiger partial charge in [0.05, 0.1) is 15.9 Å². The Bertz CT molecular complexity index is 706. The second-order valence-corrected chi connectivity index (χ2v) is 7.70. The number of rotatable bonds is 2. The first-order valence-electron chi connectivity index (χ1n) is 5.84. The van der Waals surface area contributed by atoms with Gasteiger partial charge in [-0.3, -0.25) is 0 Å². The Morgan fingerprint density at radius 1 is 1.05 bits per heavy atom. The van der Waals surface area contributed by atoms with Crippen LogP contribution in [0.1, 0.15) is 10.8 Å². The highest BCUT2D eigenvalue weighted by Gasteiger charge is 2.34. The molecule has 5 heteroatoms. The van der Waals surface area contributed by atoms with E-state index in [0.717, 1.165) is 10.5 Å². The molecule has 0 saturated heterocycles. The lowest BCUT2D eigenvalue weighted by molar-refractivity contribution is 0.475. The van der Waals surface area contributed by atoms with E-state index in [1.165, 1.54) is 11.8 Å². The summed E-state index contributed by atoms with van der Waals surface area (Å²) in [5.74, 6) is 0.349. The van der Waals surface area contributed by atoms with E-state index >= 15 is 0 Å². The zero-order valence-electron chi connectivity index (χ0n) is 9.98. The number of hydrogen-bond acceptors (Lipinski definition) is 4. The maximum absolute atomic E-state index is 12.1. The number of benzene rings is 2. The van der Waals surface area contributed by atoms with Gasteiger partial charge in [-0.05, 0) is 35.9 Å². The predicted molar refractivity (Wildman–Crippen MR) is 75.2 cm³/mol. The third kappa shape index (κ3) is 2.35. The van der Waals surface area contributed by atoms with Gasteiger partial charge in [0.1, 0.15) is 5.75 Å². The van der Waals surface area contributed by atoms with E-state index in [0.29, 0.717) is 4.90 Å². The van der Waals surface area contributed by atoms with Gasteiger partial charge in [-0.2, -0.15) is 0 Å². The van der Waals surface area contributed by atoms with Crippen molar-refractivity contribution in [2.24, 2.45) is 0 Å². The first-order valence-corrected chi connectivity index (χ1v) is 8.37. The number of phenolic OH excluding ortho intramolecular Hbond substituents is 1. The summed E-state index contributed by atoms with van der Waals surface area (Å²) in [6.45, 7) is 0. The average molecular weight is 292 g/mol. The van der Waals surface area contributed by atoms with Gasteiger partial charge in [0.2, 0.25) is 0 Å². The number of aromatic hydroxyl groups is 1. The van der Waals surface area contributed by atoms with Crippen LogP contribution in [-0.2, 0) is 9.84 Å². The van der Waals surface area contributed by atoms with Gasteiger partial charge in [-0.15, -0.1) is 11.8 Å². The molecule has 3 nitrogen and oxygen atoms in total. The second kappa shape index (κ2) is 4.58. The summed E-state index contributed by atoms with van der Waals surface area (Å²) in [5, 5.41) is 9.18. The van der Waals surface area contributed by atoms with Crippen LogP contribution in [0.4, 0.5) is 0 Å². The summed E-state index contributed by atoms with van der Waals surface area (Å²) < 4.78 is 24.1. The zero-order chi connectivity index (χ0) is 13.5. The Kier molecular flexibility index (Phi) is 3.03. The van der Waals surface area contributed by atoms with Crippen molar-refractivity contribution in [1.29, 1.82) is 0 Å². The molecule has 98 valence electrons. The highest BCUT2D eigenvalue weighted by atomic mass is 32.2. The molecule has 0 bridgehead atoms. The van der Waals surface area contributed by atoms with E-state index in [2.05, 4.69) is 0 Å². The summed E-state index contributed by atoms with van der Waals surface area (Å²) in [7, 11) is -3.15. The van der Waals surface area contributed by atoms with Gasteiger partial charge in [0.15, 0.2) is 9.84 Å². The van der Waals surface area contributed by atoms with E-state index in [1.54, 1.807) is 36.4 Å². The van der Waals surface area contributed by atoms with Crippen LogP contribution in [0.5, 0.6) is 5.75 Å². The van der Waals surface area contributed by atoms with Crippen molar-refractivity contribution in [1.82, 2.24) is 0 Å². The molecule has 0 amide bonds. The number of fused-ring (bicyclic) bond motifs is 1. The van der Waals surface area contributed by atoms with Crippen LogP contribution in [-0.4, -0.2) is 19.3 Å². The molecule has 2 aromatic carbocycles. The standard InChI is InChI=1S/C14H12O3S2/c15-10-5-7-11(8-6-10)18-13-9-19(16,17)14-4-2-1-3-12(13)14/h1-8,13,15H,9H2. The van der Waals surface area contributed by atoms with Crippen molar-refractivity contribution < 1.29 is 13.5 Å². The van der Waals surface area contributed by atoms with Crippen molar-refractivity contribution in [3.8, 4) is 5.75 Å². The molecule has 1 heterocycles. The topological polar surface area (TPSA) is 54.4 Å². The quantitative estimate of drug-likeness (QED) is 0.924. The lowest BCUT2D eigenvalue weighted by Gasteiger charge is -2.09. The van der Waals surface area contributed by atoms with Gasteiger partial charge in [0.25, 0.3) is 0 Å². The van der Waals surface area contributed by atoms with E-state index < -0.39 is 9.84 Å². The molecule has 0 aliphatic carbocycles. The fourth-order valence-corrected chi connectivity index (χ4v) is 5.65. The molecular formula is C14H12O3S2. The molecule has 1 unspecified atom stereocenters. The minimum Gasteiger partial charge on any atom is -0.508 e. The van der Waals surface area contributed by atoms with Gasteiger partial charge < -0.3 is 5.11 Å². The molecule has 0 spiro atoms. The molecular weight excluding hydrogens is 280 g/mol. The van der Waals surface area contributed by atoms with Crippen LogP contribution >= 0.6 is 11.8 Å². The SMILES string of the molecule is O=S1(=O)CC(Sc2ccc(O)cc2)c2ccccc21. The Balaban J connectivity index is 1.94. The van der Waals surface area contributed by atoms with Crippen molar-refractivity contribution in [3.05, 3.63) is 54.1 Å². The Hall–Kier alpha value is -1.46. The normalized spacial score (nSPS) is 20.1. The van der Waals surface area contributed by atoms with Crippen LogP contribution in [0.3, 0.4) is 0 Å². The molecule has 19 heavy (non-hydrogen) atoms. The minimum absolute atomic E-state index is 0.0780. The molecule has 0 aromatic heterocycles. The van der Waals surface area contributed by atoms with Crippen LogP contribution in [0.2, 0.25) is 0 Å². The summed E-state index contributed by atoms with van der Waals surface area (Å²) in [4.78, 5) is 1.40. The van der Waals surface area contributed by atoms with Crippen LogP contribution in [0.15, 0.2) is 58.3 Å². The Morgan fingerprint density at radius 2 is 1.74 bits per heavy atom. The lowest BCUT2D eigenvalue weighted by Crippen LogP contribution is -2.00. The number of thioether (sulfide) groups is 1. The maximum Gasteiger partial charge on any atom is 0.180 e.